The Kier molecular flexibility index (Phi) is 4.49. The molecule has 6 heteroatoms. The Bertz CT molecular complexity index is 919. The van der Waals surface area contributed by atoms with Gasteiger partial charge in [0.15, 0.2) is 5.69 Å². The Morgan fingerprint density at radius 2 is 2.04 bits per heavy atom. The van der Waals surface area contributed by atoms with Gasteiger partial charge >= 0.3 is 0 Å². The van der Waals surface area contributed by atoms with E-state index in [0.717, 1.165) is 61.4 Å². The quantitative estimate of drug-likeness (QED) is 0.720. The zero-order chi connectivity index (χ0) is 18.1. The molecule has 0 unspecified atom stereocenters. The molecule has 0 atom stereocenters. The summed E-state index contributed by atoms with van der Waals surface area (Å²) in [5.41, 5.74) is 2.62. The van der Waals surface area contributed by atoms with E-state index in [0.29, 0.717) is 11.6 Å². The Balaban J connectivity index is 1.44. The lowest BCUT2D eigenvalue weighted by atomic mass is 9.95. The van der Waals surface area contributed by atoms with Gasteiger partial charge in [0.25, 0.3) is 5.91 Å². The molecule has 6 nitrogen and oxygen atoms in total. The number of aryl methyl sites for hydroxylation is 2. The van der Waals surface area contributed by atoms with E-state index in [1.165, 1.54) is 0 Å². The molecule has 4 rings (SSSR count). The second-order valence-corrected chi connectivity index (χ2v) is 7.01. The maximum Gasteiger partial charge on any atom is 0.276 e. The van der Waals surface area contributed by atoms with Crippen LogP contribution in [0.5, 0.6) is 0 Å². The van der Waals surface area contributed by atoms with E-state index >= 15 is 0 Å². The number of benzene rings is 1. The van der Waals surface area contributed by atoms with E-state index in [9.17, 15) is 4.79 Å². The summed E-state index contributed by atoms with van der Waals surface area (Å²) in [7, 11) is 2.08. The molecule has 1 aromatic carbocycles. The third-order valence-corrected chi connectivity index (χ3v) is 5.24. The molecule has 0 aliphatic carbocycles. The predicted octanol–water partition coefficient (Wildman–Crippen LogP) is 3.53. The molecular formula is C20H24N4O2. The highest BCUT2D eigenvalue weighted by Gasteiger charge is 2.28. The van der Waals surface area contributed by atoms with Crippen LogP contribution in [0, 0.1) is 0 Å². The number of piperidine rings is 1. The number of imidazole rings is 1. The van der Waals surface area contributed by atoms with Crippen LogP contribution in [0.1, 0.15) is 54.2 Å². The van der Waals surface area contributed by atoms with Crippen LogP contribution in [-0.2, 0) is 13.5 Å². The van der Waals surface area contributed by atoms with E-state index in [4.69, 9.17) is 9.51 Å². The molecule has 0 N–H and O–H groups in total. The number of para-hydroxylation sites is 2. The summed E-state index contributed by atoms with van der Waals surface area (Å²) in [4.78, 5) is 19.4. The molecule has 3 heterocycles. The monoisotopic (exact) mass is 352 g/mol. The number of amides is 1. The van der Waals surface area contributed by atoms with Gasteiger partial charge < -0.3 is 14.0 Å². The Hall–Kier alpha value is -2.63. The molecule has 0 saturated carbocycles. The highest BCUT2D eigenvalue weighted by atomic mass is 16.5. The first-order valence-electron chi connectivity index (χ1n) is 9.33. The van der Waals surface area contributed by atoms with Gasteiger partial charge in [0, 0.05) is 38.5 Å². The number of rotatable bonds is 4. The number of carbonyl (C=O) groups is 1. The molecule has 1 aliphatic rings. The van der Waals surface area contributed by atoms with Crippen molar-refractivity contribution < 1.29 is 9.32 Å². The molecule has 0 spiro atoms. The Labute approximate surface area is 152 Å². The van der Waals surface area contributed by atoms with Gasteiger partial charge in [-0.15, -0.1) is 0 Å². The van der Waals surface area contributed by atoms with Gasteiger partial charge in [-0.3, -0.25) is 4.79 Å². The summed E-state index contributed by atoms with van der Waals surface area (Å²) in [5.74, 6) is 2.25. The predicted molar refractivity (Wildman–Crippen MR) is 99.1 cm³/mol. The van der Waals surface area contributed by atoms with Gasteiger partial charge in [-0.1, -0.05) is 24.2 Å². The van der Waals surface area contributed by atoms with Crippen molar-refractivity contribution in [3.05, 3.63) is 47.6 Å². The van der Waals surface area contributed by atoms with Gasteiger partial charge in [-0.25, -0.2) is 4.98 Å². The molecule has 3 aromatic rings. The number of carbonyl (C=O) groups excluding carboxylic acids is 1. The molecular weight excluding hydrogens is 328 g/mol. The first kappa shape index (κ1) is 16.8. The normalized spacial score (nSPS) is 15.7. The molecule has 1 fully saturated rings. The van der Waals surface area contributed by atoms with E-state index in [-0.39, 0.29) is 5.91 Å². The number of aromatic nitrogens is 3. The van der Waals surface area contributed by atoms with Gasteiger partial charge in [0.1, 0.15) is 11.6 Å². The topological polar surface area (TPSA) is 64.2 Å². The van der Waals surface area contributed by atoms with Crippen molar-refractivity contribution in [2.75, 3.05) is 13.1 Å². The minimum absolute atomic E-state index is 0.0282. The van der Waals surface area contributed by atoms with Crippen molar-refractivity contribution in [1.82, 2.24) is 19.6 Å². The van der Waals surface area contributed by atoms with Crippen LogP contribution in [0.25, 0.3) is 11.0 Å². The van der Waals surface area contributed by atoms with Gasteiger partial charge in [-0.05, 0) is 31.4 Å². The molecule has 1 amide bonds. The van der Waals surface area contributed by atoms with E-state index in [1.54, 1.807) is 6.07 Å². The number of likely N-dealkylation sites (tertiary alicyclic amines) is 1. The fourth-order valence-electron chi connectivity index (χ4n) is 3.81. The van der Waals surface area contributed by atoms with Crippen LogP contribution in [0.4, 0.5) is 0 Å². The zero-order valence-corrected chi connectivity index (χ0v) is 15.3. The third-order valence-electron chi connectivity index (χ3n) is 5.24. The third kappa shape index (κ3) is 3.00. The first-order chi connectivity index (χ1) is 12.7. The maximum absolute atomic E-state index is 12.7. The minimum Gasteiger partial charge on any atom is -0.361 e. The first-order valence-corrected chi connectivity index (χ1v) is 9.33. The van der Waals surface area contributed by atoms with Crippen molar-refractivity contribution in [2.24, 2.45) is 7.05 Å². The highest BCUT2D eigenvalue weighted by molar-refractivity contribution is 5.92. The number of hydrogen-bond donors (Lipinski definition) is 0. The molecule has 1 aliphatic heterocycles. The van der Waals surface area contributed by atoms with Crippen LogP contribution >= 0.6 is 0 Å². The van der Waals surface area contributed by atoms with Crippen molar-refractivity contribution in [3.8, 4) is 0 Å². The van der Waals surface area contributed by atoms with Crippen molar-refractivity contribution in [1.29, 1.82) is 0 Å². The second kappa shape index (κ2) is 6.94. The lowest BCUT2D eigenvalue weighted by molar-refractivity contribution is 0.0700. The van der Waals surface area contributed by atoms with Crippen LogP contribution in [-0.4, -0.2) is 38.6 Å². The van der Waals surface area contributed by atoms with E-state index in [1.807, 2.05) is 17.0 Å². The van der Waals surface area contributed by atoms with Crippen LogP contribution in [0.3, 0.4) is 0 Å². The van der Waals surface area contributed by atoms with Crippen molar-refractivity contribution >= 4 is 16.9 Å². The summed E-state index contributed by atoms with van der Waals surface area (Å²) in [6.07, 6.45) is 3.63. The average molecular weight is 352 g/mol. The number of hydrogen-bond acceptors (Lipinski definition) is 4. The molecule has 26 heavy (non-hydrogen) atoms. The minimum atomic E-state index is -0.0282. The Morgan fingerprint density at radius 1 is 1.27 bits per heavy atom. The molecule has 0 bridgehead atoms. The standard InChI is InChI=1S/C20H24N4O2/c1-3-6-15-13-17(22-26-15)20(25)24-11-9-14(10-12-24)19-21-16-7-4-5-8-18(16)23(19)2/h4-5,7-8,13-14H,3,6,9-12H2,1-2H3. The summed E-state index contributed by atoms with van der Waals surface area (Å²) in [6.45, 7) is 3.53. The summed E-state index contributed by atoms with van der Waals surface area (Å²) < 4.78 is 7.43. The summed E-state index contributed by atoms with van der Waals surface area (Å²) >= 11 is 0. The van der Waals surface area contributed by atoms with Crippen LogP contribution in [0.15, 0.2) is 34.9 Å². The van der Waals surface area contributed by atoms with E-state index < -0.39 is 0 Å². The smallest absolute Gasteiger partial charge is 0.276 e. The maximum atomic E-state index is 12.7. The van der Waals surface area contributed by atoms with Crippen molar-refractivity contribution in [3.63, 3.8) is 0 Å². The Morgan fingerprint density at radius 3 is 2.77 bits per heavy atom. The molecule has 136 valence electrons. The molecule has 1 saturated heterocycles. The average Bonchev–Trinajstić information content (AvgIpc) is 3.27. The largest absolute Gasteiger partial charge is 0.361 e. The second-order valence-electron chi connectivity index (χ2n) is 7.01. The zero-order valence-electron chi connectivity index (χ0n) is 15.3. The molecule has 2 aromatic heterocycles. The highest BCUT2D eigenvalue weighted by Crippen LogP contribution is 2.30. The van der Waals surface area contributed by atoms with E-state index in [2.05, 4.69) is 35.8 Å². The van der Waals surface area contributed by atoms with Gasteiger partial charge in [-0.2, -0.15) is 0 Å². The van der Waals surface area contributed by atoms with Crippen LogP contribution in [0.2, 0.25) is 0 Å². The lowest BCUT2D eigenvalue weighted by Crippen LogP contribution is -2.38. The van der Waals surface area contributed by atoms with Crippen molar-refractivity contribution in [2.45, 2.75) is 38.5 Å². The molecule has 0 radical (unpaired) electrons. The van der Waals surface area contributed by atoms with Crippen LogP contribution < -0.4 is 0 Å². The number of fused-ring (bicyclic) bond motifs is 1. The lowest BCUT2D eigenvalue weighted by Gasteiger charge is -2.31. The fourth-order valence-corrected chi connectivity index (χ4v) is 3.81. The summed E-state index contributed by atoms with van der Waals surface area (Å²) in [6, 6.07) is 9.99. The van der Waals surface area contributed by atoms with Gasteiger partial charge in [0.05, 0.1) is 11.0 Å². The SMILES string of the molecule is CCCc1cc(C(=O)N2CCC(c3nc4ccccc4n3C)CC2)no1. The number of nitrogens with zero attached hydrogens (tertiary/aromatic N) is 4. The summed E-state index contributed by atoms with van der Waals surface area (Å²) in [5, 5.41) is 3.95. The fraction of sp³-hybridized carbons (Fsp3) is 0.450. The van der Waals surface area contributed by atoms with Gasteiger partial charge in [0.2, 0.25) is 0 Å².